The summed E-state index contributed by atoms with van der Waals surface area (Å²) in [5.41, 5.74) is 1.75. The molecule has 120 valence electrons. The lowest BCUT2D eigenvalue weighted by atomic mass is 10.2. The highest BCUT2D eigenvalue weighted by atomic mass is 16.2. The third-order valence-corrected chi connectivity index (χ3v) is 3.98. The van der Waals surface area contributed by atoms with E-state index in [1.807, 2.05) is 24.3 Å². The summed E-state index contributed by atoms with van der Waals surface area (Å²) in [4.78, 5) is 36.3. The van der Waals surface area contributed by atoms with Crippen LogP contribution in [0.5, 0.6) is 0 Å². The van der Waals surface area contributed by atoms with Crippen LogP contribution >= 0.6 is 0 Å². The highest BCUT2D eigenvalue weighted by molar-refractivity contribution is 5.90. The van der Waals surface area contributed by atoms with Gasteiger partial charge in [0.25, 0.3) is 5.56 Å². The number of nitrogens with one attached hydrogen (secondary N) is 2. The van der Waals surface area contributed by atoms with E-state index in [4.69, 9.17) is 0 Å². The van der Waals surface area contributed by atoms with E-state index in [2.05, 4.69) is 20.3 Å². The first kappa shape index (κ1) is 14.2. The molecular weight excluding hydrogens is 308 g/mol. The van der Waals surface area contributed by atoms with E-state index in [0.29, 0.717) is 22.7 Å². The summed E-state index contributed by atoms with van der Waals surface area (Å²) >= 11 is 0. The molecule has 0 radical (unpaired) electrons. The molecule has 0 fully saturated rings. The van der Waals surface area contributed by atoms with E-state index in [1.54, 1.807) is 19.3 Å². The number of aryl methyl sites for hydroxylation is 1. The molecule has 0 spiro atoms. The Bertz CT molecular complexity index is 1170. The SMILES string of the molecule is Cn1c(=O)c2c(Nc3nc4ccccc4[nH]3)ccnc2n(C)c1=O. The normalized spacial score (nSPS) is 11.2. The minimum Gasteiger partial charge on any atom is -0.325 e. The number of pyridine rings is 1. The summed E-state index contributed by atoms with van der Waals surface area (Å²) in [5.74, 6) is 0.514. The van der Waals surface area contributed by atoms with Gasteiger partial charge in [-0.05, 0) is 18.2 Å². The van der Waals surface area contributed by atoms with E-state index in [0.717, 1.165) is 15.6 Å². The van der Waals surface area contributed by atoms with Crippen LogP contribution in [-0.2, 0) is 14.1 Å². The molecule has 3 heterocycles. The molecule has 0 aliphatic rings. The van der Waals surface area contributed by atoms with Gasteiger partial charge in [0.2, 0.25) is 5.95 Å². The Morgan fingerprint density at radius 1 is 1.08 bits per heavy atom. The van der Waals surface area contributed by atoms with Crippen LogP contribution in [0.4, 0.5) is 11.6 Å². The molecule has 8 nitrogen and oxygen atoms in total. The second-order valence-corrected chi connectivity index (χ2v) is 5.49. The van der Waals surface area contributed by atoms with Crippen LogP contribution in [0.15, 0.2) is 46.1 Å². The minimum absolute atomic E-state index is 0.323. The first-order chi connectivity index (χ1) is 11.6. The molecule has 0 saturated heterocycles. The fraction of sp³-hybridized carbons (Fsp3) is 0.125. The van der Waals surface area contributed by atoms with Crippen LogP contribution in [0, 0.1) is 0 Å². The summed E-state index contributed by atoms with van der Waals surface area (Å²) in [7, 11) is 3.03. The standard InChI is InChI=1S/C16H14N6O2/c1-21-13-12(14(23)22(2)16(21)24)11(7-8-17-13)20-15-18-9-5-3-4-6-10(9)19-15/h3-8H,1-2H3,(H2,17,18,19,20). The van der Waals surface area contributed by atoms with Gasteiger partial charge in [-0.25, -0.2) is 14.8 Å². The Hall–Kier alpha value is -3.42. The number of benzene rings is 1. The zero-order chi connectivity index (χ0) is 16.8. The molecule has 0 saturated carbocycles. The summed E-state index contributed by atoms with van der Waals surface area (Å²) in [6, 6.07) is 9.31. The average molecular weight is 322 g/mol. The van der Waals surface area contributed by atoms with Crippen LogP contribution in [0.2, 0.25) is 0 Å². The molecule has 0 atom stereocenters. The van der Waals surface area contributed by atoms with Crippen molar-refractivity contribution in [3.05, 3.63) is 57.4 Å². The Morgan fingerprint density at radius 2 is 1.88 bits per heavy atom. The number of aromatic amines is 1. The number of imidazole rings is 1. The highest BCUT2D eigenvalue weighted by Gasteiger charge is 2.14. The van der Waals surface area contributed by atoms with Gasteiger partial charge < -0.3 is 10.3 Å². The summed E-state index contributed by atoms with van der Waals surface area (Å²) in [6.07, 6.45) is 1.55. The molecular formula is C16H14N6O2. The molecule has 8 heteroatoms. The number of aromatic nitrogens is 5. The van der Waals surface area contributed by atoms with Crippen molar-refractivity contribution in [2.45, 2.75) is 0 Å². The maximum atomic E-state index is 12.5. The first-order valence-electron chi connectivity index (χ1n) is 7.33. The van der Waals surface area contributed by atoms with Gasteiger partial charge in [-0.15, -0.1) is 0 Å². The van der Waals surface area contributed by atoms with Crippen LogP contribution in [-0.4, -0.2) is 24.1 Å². The van der Waals surface area contributed by atoms with Crippen LogP contribution < -0.4 is 16.6 Å². The lowest BCUT2D eigenvalue weighted by Gasteiger charge is -2.10. The van der Waals surface area contributed by atoms with Crippen molar-refractivity contribution in [2.75, 3.05) is 5.32 Å². The first-order valence-corrected chi connectivity index (χ1v) is 7.33. The topological polar surface area (TPSA) is 97.6 Å². The molecule has 2 N–H and O–H groups in total. The van der Waals surface area contributed by atoms with Gasteiger partial charge in [0.05, 0.1) is 16.7 Å². The second kappa shape index (κ2) is 5.05. The Kier molecular flexibility index (Phi) is 2.99. The summed E-state index contributed by atoms with van der Waals surface area (Å²) in [5, 5.41) is 3.45. The zero-order valence-electron chi connectivity index (χ0n) is 13.1. The van der Waals surface area contributed by atoms with E-state index in [9.17, 15) is 9.59 Å². The van der Waals surface area contributed by atoms with Gasteiger partial charge in [-0.1, -0.05) is 12.1 Å². The van der Waals surface area contributed by atoms with Gasteiger partial charge in [0.1, 0.15) is 5.39 Å². The quantitative estimate of drug-likeness (QED) is 0.579. The number of para-hydroxylation sites is 2. The molecule has 0 amide bonds. The zero-order valence-corrected chi connectivity index (χ0v) is 13.1. The van der Waals surface area contributed by atoms with Gasteiger partial charge in [0.15, 0.2) is 5.65 Å². The van der Waals surface area contributed by atoms with E-state index in [-0.39, 0.29) is 0 Å². The lowest BCUT2D eigenvalue weighted by molar-refractivity contribution is 0.708. The Labute approximate surface area is 135 Å². The Balaban J connectivity index is 1.94. The maximum Gasteiger partial charge on any atom is 0.332 e. The third-order valence-electron chi connectivity index (χ3n) is 3.98. The van der Waals surface area contributed by atoms with E-state index >= 15 is 0 Å². The summed E-state index contributed by atoms with van der Waals surface area (Å²) in [6.45, 7) is 0. The van der Waals surface area contributed by atoms with Crippen molar-refractivity contribution in [3.8, 4) is 0 Å². The van der Waals surface area contributed by atoms with E-state index in [1.165, 1.54) is 11.6 Å². The van der Waals surface area contributed by atoms with Crippen molar-refractivity contribution in [2.24, 2.45) is 14.1 Å². The predicted octanol–water partition coefficient (Wildman–Crippen LogP) is 1.25. The molecule has 0 unspecified atom stereocenters. The molecule has 0 aliphatic heterocycles. The molecule has 1 aromatic carbocycles. The number of H-pyrrole nitrogens is 1. The number of hydrogen-bond donors (Lipinski definition) is 2. The molecule has 4 rings (SSSR count). The largest absolute Gasteiger partial charge is 0.332 e. The minimum atomic E-state index is -0.416. The number of nitrogens with zero attached hydrogens (tertiary/aromatic N) is 4. The van der Waals surface area contributed by atoms with E-state index < -0.39 is 11.2 Å². The fourth-order valence-electron chi connectivity index (χ4n) is 2.73. The summed E-state index contributed by atoms with van der Waals surface area (Å²) < 4.78 is 2.41. The van der Waals surface area contributed by atoms with Gasteiger partial charge in [-0.3, -0.25) is 13.9 Å². The van der Waals surface area contributed by atoms with Crippen molar-refractivity contribution in [1.82, 2.24) is 24.1 Å². The van der Waals surface area contributed by atoms with Crippen molar-refractivity contribution in [3.63, 3.8) is 0 Å². The van der Waals surface area contributed by atoms with Crippen LogP contribution in [0.25, 0.3) is 22.1 Å². The molecule has 24 heavy (non-hydrogen) atoms. The van der Waals surface area contributed by atoms with Crippen molar-refractivity contribution in [1.29, 1.82) is 0 Å². The Morgan fingerprint density at radius 3 is 2.67 bits per heavy atom. The van der Waals surface area contributed by atoms with Gasteiger partial charge >= 0.3 is 5.69 Å². The number of fused-ring (bicyclic) bond motifs is 2. The number of anilines is 2. The maximum absolute atomic E-state index is 12.5. The smallest absolute Gasteiger partial charge is 0.325 e. The van der Waals surface area contributed by atoms with Gasteiger partial charge in [0, 0.05) is 20.3 Å². The van der Waals surface area contributed by atoms with Crippen molar-refractivity contribution >= 4 is 33.7 Å². The number of hydrogen-bond acceptors (Lipinski definition) is 5. The fourth-order valence-corrected chi connectivity index (χ4v) is 2.73. The molecule has 4 aromatic rings. The molecule has 3 aromatic heterocycles. The predicted molar refractivity (Wildman–Crippen MR) is 91.6 cm³/mol. The third kappa shape index (κ3) is 2.00. The van der Waals surface area contributed by atoms with Gasteiger partial charge in [-0.2, -0.15) is 0 Å². The van der Waals surface area contributed by atoms with Crippen molar-refractivity contribution < 1.29 is 0 Å². The monoisotopic (exact) mass is 322 g/mol. The highest BCUT2D eigenvalue weighted by Crippen LogP contribution is 2.22. The lowest BCUT2D eigenvalue weighted by Crippen LogP contribution is -2.37. The average Bonchev–Trinajstić information content (AvgIpc) is 3.00. The molecule has 0 aliphatic carbocycles. The second-order valence-electron chi connectivity index (χ2n) is 5.49. The van der Waals surface area contributed by atoms with Crippen LogP contribution in [0.3, 0.4) is 0 Å². The molecule has 0 bridgehead atoms. The van der Waals surface area contributed by atoms with Crippen LogP contribution in [0.1, 0.15) is 0 Å². The number of rotatable bonds is 2.